The number of amides is 2. The van der Waals surface area contributed by atoms with Crippen molar-refractivity contribution in [2.45, 2.75) is 6.54 Å². The Kier molecular flexibility index (Phi) is 4.40. The van der Waals surface area contributed by atoms with E-state index in [-0.39, 0.29) is 6.03 Å². The van der Waals surface area contributed by atoms with Crippen molar-refractivity contribution in [1.29, 1.82) is 0 Å². The lowest BCUT2D eigenvalue weighted by molar-refractivity contribution is 0.0373. The number of piperazine rings is 1. The number of hydrogen-bond donors (Lipinski definition) is 1. The van der Waals surface area contributed by atoms with Crippen molar-refractivity contribution in [3.63, 3.8) is 0 Å². The number of aromatic nitrogens is 1. The fourth-order valence-corrected chi connectivity index (χ4v) is 3.58. The van der Waals surface area contributed by atoms with Crippen molar-refractivity contribution in [3.8, 4) is 0 Å². The van der Waals surface area contributed by atoms with Gasteiger partial charge in [0.2, 0.25) is 0 Å². The fourth-order valence-electron chi connectivity index (χ4n) is 3.58. The van der Waals surface area contributed by atoms with Crippen molar-refractivity contribution in [2.24, 2.45) is 0 Å². The molecule has 6 nitrogen and oxygen atoms in total. The second kappa shape index (κ2) is 6.83. The van der Waals surface area contributed by atoms with Gasteiger partial charge < -0.3 is 19.5 Å². The Morgan fingerprint density at radius 3 is 2.54 bits per heavy atom. The predicted octanol–water partition coefficient (Wildman–Crippen LogP) is 1.74. The number of rotatable bonds is 2. The molecular formula is C18H24N4O2. The van der Waals surface area contributed by atoms with Gasteiger partial charge in [-0.3, -0.25) is 4.90 Å². The van der Waals surface area contributed by atoms with Gasteiger partial charge in [0.05, 0.1) is 13.2 Å². The van der Waals surface area contributed by atoms with E-state index >= 15 is 0 Å². The molecule has 2 aromatic rings. The minimum atomic E-state index is 0.172. The van der Waals surface area contributed by atoms with E-state index in [9.17, 15) is 4.79 Å². The molecule has 3 heterocycles. The summed E-state index contributed by atoms with van der Waals surface area (Å²) in [6.45, 7) is 7.16. The zero-order valence-electron chi connectivity index (χ0n) is 13.9. The standard InChI is InChI=1S/C18H24N4O2/c23-18(22-10-12-24-13-11-22)21-8-6-20(7-9-21)14-15-2-1-3-17-16(15)4-5-19-17/h1-5,19H,6-14H2. The van der Waals surface area contributed by atoms with E-state index in [1.807, 2.05) is 16.0 Å². The van der Waals surface area contributed by atoms with E-state index in [0.717, 1.165) is 32.7 Å². The van der Waals surface area contributed by atoms with Crippen molar-refractivity contribution in [1.82, 2.24) is 19.7 Å². The minimum absolute atomic E-state index is 0.172. The minimum Gasteiger partial charge on any atom is -0.378 e. The quantitative estimate of drug-likeness (QED) is 0.914. The number of carbonyl (C=O) groups excluding carboxylic acids is 1. The molecule has 0 radical (unpaired) electrons. The monoisotopic (exact) mass is 328 g/mol. The number of fused-ring (bicyclic) bond motifs is 1. The third-order valence-corrected chi connectivity index (χ3v) is 5.00. The molecule has 2 aliphatic rings. The van der Waals surface area contributed by atoms with Gasteiger partial charge in [-0.2, -0.15) is 0 Å². The number of urea groups is 1. The summed E-state index contributed by atoms with van der Waals surface area (Å²) in [5.41, 5.74) is 2.54. The van der Waals surface area contributed by atoms with Crippen LogP contribution in [-0.2, 0) is 11.3 Å². The normalized spacial score (nSPS) is 19.8. The smallest absolute Gasteiger partial charge is 0.320 e. The maximum Gasteiger partial charge on any atom is 0.320 e. The average Bonchev–Trinajstić information content (AvgIpc) is 3.12. The molecule has 0 bridgehead atoms. The van der Waals surface area contributed by atoms with Crippen molar-refractivity contribution >= 4 is 16.9 Å². The Morgan fingerprint density at radius 2 is 1.75 bits per heavy atom. The molecule has 0 unspecified atom stereocenters. The van der Waals surface area contributed by atoms with Gasteiger partial charge in [0, 0.05) is 62.9 Å². The van der Waals surface area contributed by atoms with Gasteiger partial charge in [0.1, 0.15) is 0 Å². The van der Waals surface area contributed by atoms with Crippen molar-refractivity contribution < 1.29 is 9.53 Å². The number of H-pyrrole nitrogens is 1. The molecule has 1 N–H and O–H groups in total. The Bertz CT molecular complexity index is 700. The van der Waals surface area contributed by atoms with Gasteiger partial charge in [0.15, 0.2) is 0 Å². The summed E-state index contributed by atoms with van der Waals surface area (Å²) in [6, 6.07) is 8.72. The zero-order valence-corrected chi connectivity index (χ0v) is 13.9. The number of hydrogen-bond acceptors (Lipinski definition) is 3. The van der Waals surface area contributed by atoms with Crippen LogP contribution in [0.5, 0.6) is 0 Å². The third-order valence-electron chi connectivity index (χ3n) is 5.00. The van der Waals surface area contributed by atoms with Crippen LogP contribution in [0, 0.1) is 0 Å². The van der Waals surface area contributed by atoms with Gasteiger partial charge in [-0.05, 0) is 17.7 Å². The van der Waals surface area contributed by atoms with Crippen LogP contribution in [-0.4, -0.2) is 78.2 Å². The summed E-state index contributed by atoms with van der Waals surface area (Å²) in [6.07, 6.45) is 1.99. The molecule has 4 rings (SSSR count). The third kappa shape index (κ3) is 3.12. The molecule has 24 heavy (non-hydrogen) atoms. The molecular weight excluding hydrogens is 304 g/mol. The van der Waals surface area contributed by atoms with E-state index in [2.05, 4.69) is 34.1 Å². The number of nitrogens with zero attached hydrogens (tertiary/aromatic N) is 3. The first-order valence-electron chi connectivity index (χ1n) is 8.70. The Hall–Kier alpha value is -2.05. The van der Waals surface area contributed by atoms with Gasteiger partial charge in [-0.15, -0.1) is 0 Å². The summed E-state index contributed by atoms with van der Waals surface area (Å²) >= 11 is 0. The molecule has 0 spiro atoms. The number of ether oxygens (including phenoxy) is 1. The van der Waals surface area contributed by atoms with Crippen molar-refractivity contribution in [3.05, 3.63) is 36.0 Å². The lowest BCUT2D eigenvalue weighted by Crippen LogP contribution is -2.54. The number of benzene rings is 1. The predicted molar refractivity (Wildman–Crippen MR) is 92.9 cm³/mol. The topological polar surface area (TPSA) is 51.8 Å². The van der Waals surface area contributed by atoms with E-state index < -0.39 is 0 Å². The van der Waals surface area contributed by atoms with E-state index in [0.29, 0.717) is 26.3 Å². The maximum atomic E-state index is 12.5. The molecule has 128 valence electrons. The first kappa shape index (κ1) is 15.5. The fraction of sp³-hybridized carbons (Fsp3) is 0.500. The van der Waals surface area contributed by atoms with Gasteiger partial charge in [-0.25, -0.2) is 4.79 Å². The maximum absolute atomic E-state index is 12.5. The molecule has 0 atom stereocenters. The molecule has 0 saturated carbocycles. The Balaban J connectivity index is 1.34. The van der Waals surface area contributed by atoms with Crippen LogP contribution in [0.2, 0.25) is 0 Å². The van der Waals surface area contributed by atoms with E-state index in [1.165, 1.54) is 16.5 Å². The second-order valence-electron chi connectivity index (χ2n) is 6.50. The highest BCUT2D eigenvalue weighted by atomic mass is 16.5. The second-order valence-corrected chi connectivity index (χ2v) is 6.50. The highest BCUT2D eigenvalue weighted by Crippen LogP contribution is 2.20. The SMILES string of the molecule is O=C(N1CCOCC1)N1CCN(Cc2cccc3[nH]ccc23)CC1. The van der Waals surface area contributed by atoms with Crippen LogP contribution < -0.4 is 0 Å². The number of carbonyl (C=O) groups is 1. The summed E-state index contributed by atoms with van der Waals surface area (Å²) in [7, 11) is 0. The lowest BCUT2D eigenvalue weighted by Gasteiger charge is -2.38. The van der Waals surface area contributed by atoms with Gasteiger partial charge in [-0.1, -0.05) is 12.1 Å². The van der Waals surface area contributed by atoms with Crippen LogP contribution in [0.1, 0.15) is 5.56 Å². The highest BCUT2D eigenvalue weighted by molar-refractivity contribution is 5.82. The molecule has 6 heteroatoms. The summed E-state index contributed by atoms with van der Waals surface area (Å²) in [5, 5.41) is 1.30. The summed E-state index contributed by atoms with van der Waals surface area (Å²) in [4.78, 5) is 22.1. The lowest BCUT2D eigenvalue weighted by atomic mass is 10.1. The van der Waals surface area contributed by atoms with E-state index in [4.69, 9.17) is 4.74 Å². The average molecular weight is 328 g/mol. The summed E-state index contributed by atoms with van der Waals surface area (Å²) < 4.78 is 5.33. The van der Waals surface area contributed by atoms with Crippen LogP contribution in [0.15, 0.2) is 30.5 Å². The molecule has 0 aliphatic carbocycles. The molecule has 1 aromatic carbocycles. The number of aromatic amines is 1. The van der Waals surface area contributed by atoms with Gasteiger partial charge >= 0.3 is 6.03 Å². The molecule has 1 aromatic heterocycles. The van der Waals surface area contributed by atoms with Crippen LogP contribution in [0.4, 0.5) is 4.79 Å². The van der Waals surface area contributed by atoms with Crippen LogP contribution in [0.3, 0.4) is 0 Å². The van der Waals surface area contributed by atoms with Crippen molar-refractivity contribution in [2.75, 3.05) is 52.5 Å². The first-order valence-corrected chi connectivity index (χ1v) is 8.70. The van der Waals surface area contributed by atoms with Crippen LogP contribution in [0.25, 0.3) is 10.9 Å². The molecule has 2 aliphatic heterocycles. The van der Waals surface area contributed by atoms with E-state index in [1.54, 1.807) is 0 Å². The Morgan fingerprint density at radius 1 is 1.00 bits per heavy atom. The molecule has 2 amide bonds. The number of nitrogens with one attached hydrogen (secondary N) is 1. The summed E-state index contributed by atoms with van der Waals surface area (Å²) in [5.74, 6) is 0. The van der Waals surface area contributed by atoms with Crippen LogP contribution >= 0.6 is 0 Å². The highest BCUT2D eigenvalue weighted by Gasteiger charge is 2.26. The largest absolute Gasteiger partial charge is 0.378 e. The zero-order chi connectivity index (χ0) is 16.4. The van der Waals surface area contributed by atoms with Gasteiger partial charge in [0.25, 0.3) is 0 Å². The molecule has 2 fully saturated rings. The molecule has 2 saturated heterocycles. The number of morpholine rings is 1. The Labute approximate surface area is 142 Å². The first-order chi connectivity index (χ1) is 11.8.